The molecule has 0 bridgehead atoms. The number of anilines is 1. The lowest BCUT2D eigenvalue weighted by atomic mass is 10.2. The van der Waals surface area contributed by atoms with Crippen LogP contribution in [0.2, 0.25) is 5.02 Å². The monoisotopic (exact) mass is 344 g/mol. The van der Waals surface area contributed by atoms with Crippen molar-refractivity contribution in [3.63, 3.8) is 0 Å². The lowest BCUT2D eigenvalue weighted by Gasteiger charge is -2.19. The Morgan fingerprint density at radius 3 is 2.88 bits per heavy atom. The summed E-state index contributed by atoms with van der Waals surface area (Å²) in [5.74, 6) is 1.34. The average Bonchev–Trinajstić information content (AvgIpc) is 3.11. The molecule has 0 aliphatic carbocycles. The third kappa shape index (κ3) is 3.33. The number of aromatic nitrogens is 4. The van der Waals surface area contributed by atoms with E-state index in [0.29, 0.717) is 28.8 Å². The zero-order valence-corrected chi connectivity index (χ0v) is 13.5. The molecule has 9 heteroatoms. The van der Waals surface area contributed by atoms with Crippen LogP contribution in [-0.4, -0.2) is 31.5 Å². The molecule has 3 rings (SSSR count). The first-order valence-corrected chi connectivity index (χ1v) is 7.37. The molecular formula is C15H13ClN6O2. The Hall–Kier alpha value is -3.00. The molecule has 0 unspecified atom stereocenters. The minimum Gasteiger partial charge on any atom is -0.355 e. The van der Waals surface area contributed by atoms with Gasteiger partial charge in [-0.15, -0.1) is 0 Å². The maximum atomic E-state index is 10.9. The zero-order chi connectivity index (χ0) is 17.1. The van der Waals surface area contributed by atoms with Gasteiger partial charge in [-0.3, -0.25) is 14.7 Å². The van der Waals surface area contributed by atoms with Crippen LogP contribution >= 0.6 is 11.6 Å². The molecule has 0 aliphatic rings. The Morgan fingerprint density at radius 2 is 2.17 bits per heavy atom. The van der Waals surface area contributed by atoms with Crippen LogP contribution in [0.4, 0.5) is 11.5 Å². The number of hydrogen-bond acceptors (Lipinski definition) is 6. The number of nitro groups is 1. The second-order valence-electron chi connectivity index (χ2n) is 5.09. The van der Waals surface area contributed by atoms with E-state index >= 15 is 0 Å². The minimum absolute atomic E-state index is 0.00425. The van der Waals surface area contributed by atoms with Gasteiger partial charge in [0.25, 0.3) is 5.69 Å². The summed E-state index contributed by atoms with van der Waals surface area (Å²) >= 11 is 6.15. The molecule has 24 heavy (non-hydrogen) atoms. The summed E-state index contributed by atoms with van der Waals surface area (Å²) in [6.07, 6.45) is 6.54. The molecule has 0 aliphatic heterocycles. The fraction of sp³-hybridized carbons (Fsp3) is 0.133. The standard InChI is InChI=1S/C15H13ClN6O2/c1-20(8-11-6-12(22(23)24)2-3-13(11)16)14-7-15(19-9-18-14)21-5-4-17-10-21/h2-7,9-10H,8H2,1H3. The summed E-state index contributed by atoms with van der Waals surface area (Å²) in [5.41, 5.74) is 0.653. The van der Waals surface area contributed by atoms with Crippen molar-refractivity contribution >= 4 is 23.1 Å². The highest BCUT2D eigenvalue weighted by molar-refractivity contribution is 6.31. The van der Waals surface area contributed by atoms with E-state index in [0.717, 1.165) is 0 Å². The molecular weight excluding hydrogens is 332 g/mol. The quantitative estimate of drug-likeness (QED) is 0.522. The Bertz CT molecular complexity index is 868. The largest absolute Gasteiger partial charge is 0.355 e. The number of halogens is 1. The van der Waals surface area contributed by atoms with Crippen LogP contribution in [0.25, 0.3) is 5.82 Å². The molecule has 122 valence electrons. The third-order valence-electron chi connectivity index (χ3n) is 3.45. The lowest BCUT2D eigenvalue weighted by molar-refractivity contribution is -0.384. The van der Waals surface area contributed by atoms with Crippen molar-refractivity contribution in [2.75, 3.05) is 11.9 Å². The van der Waals surface area contributed by atoms with Gasteiger partial charge in [0.15, 0.2) is 0 Å². The van der Waals surface area contributed by atoms with Crippen molar-refractivity contribution in [3.8, 4) is 5.82 Å². The molecule has 0 spiro atoms. The van der Waals surface area contributed by atoms with Crippen LogP contribution < -0.4 is 4.90 Å². The van der Waals surface area contributed by atoms with E-state index in [9.17, 15) is 10.1 Å². The van der Waals surface area contributed by atoms with Gasteiger partial charge in [-0.2, -0.15) is 0 Å². The van der Waals surface area contributed by atoms with Gasteiger partial charge < -0.3 is 4.90 Å². The number of benzene rings is 1. The van der Waals surface area contributed by atoms with E-state index < -0.39 is 4.92 Å². The molecule has 0 fully saturated rings. The van der Waals surface area contributed by atoms with Gasteiger partial charge in [-0.1, -0.05) is 11.6 Å². The molecule has 0 saturated carbocycles. The van der Waals surface area contributed by atoms with Gasteiger partial charge in [-0.05, 0) is 11.6 Å². The number of nitrogens with zero attached hydrogens (tertiary/aromatic N) is 6. The molecule has 0 amide bonds. The molecule has 2 heterocycles. The SMILES string of the molecule is CN(Cc1cc([N+](=O)[O-])ccc1Cl)c1cc(-n2ccnc2)ncn1. The van der Waals surface area contributed by atoms with Crippen molar-refractivity contribution in [1.29, 1.82) is 0 Å². The van der Waals surface area contributed by atoms with Crippen LogP contribution in [0.3, 0.4) is 0 Å². The number of hydrogen-bond donors (Lipinski definition) is 0. The molecule has 0 radical (unpaired) electrons. The fourth-order valence-corrected chi connectivity index (χ4v) is 2.39. The van der Waals surface area contributed by atoms with Gasteiger partial charge in [0, 0.05) is 49.2 Å². The highest BCUT2D eigenvalue weighted by Gasteiger charge is 2.13. The van der Waals surface area contributed by atoms with E-state index in [1.54, 1.807) is 29.4 Å². The molecule has 3 aromatic rings. The fourth-order valence-electron chi connectivity index (χ4n) is 2.21. The van der Waals surface area contributed by atoms with E-state index in [4.69, 9.17) is 11.6 Å². The van der Waals surface area contributed by atoms with Crippen molar-refractivity contribution in [1.82, 2.24) is 19.5 Å². The van der Waals surface area contributed by atoms with Gasteiger partial charge in [0.05, 0.1) is 4.92 Å². The number of nitro benzene ring substituents is 1. The summed E-state index contributed by atoms with van der Waals surface area (Å²) in [5, 5.41) is 11.4. The van der Waals surface area contributed by atoms with Crippen LogP contribution in [0.5, 0.6) is 0 Å². The molecule has 0 saturated heterocycles. The lowest BCUT2D eigenvalue weighted by Crippen LogP contribution is -2.18. The maximum Gasteiger partial charge on any atom is 0.269 e. The smallest absolute Gasteiger partial charge is 0.269 e. The van der Waals surface area contributed by atoms with Crippen LogP contribution in [-0.2, 0) is 6.54 Å². The first-order chi connectivity index (χ1) is 11.5. The van der Waals surface area contributed by atoms with E-state index in [1.165, 1.54) is 24.5 Å². The summed E-state index contributed by atoms with van der Waals surface area (Å²) in [7, 11) is 1.83. The number of non-ortho nitro benzene ring substituents is 1. The Morgan fingerprint density at radius 1 is 1.33 bits per heavy atom. The Balaban J connectivity index is 1.85. The molecule has 2 aromatic heterocycles. The summed E-state index contributed by atoms with van der Waals surface area (Å²) in [4.78, 5) is 24.7. The molecule has 1 aromatic carbocycles. The van der Waals surface area contributed by atoms with E-state index in [-0.39, 0.29) is 5.69 Å². The number of imidazole rings is 1. The minimum atomic E-state index is -0.443. The molecule has 0 N–H and O–H groups in total. The van der Waals surface area contributed by atoms with Crippen molar-refractivity contribution < 1.29 is 4.92 Å². The van der Waals surface area contributed by atoms with Crippen molar-refractivity contribution in [2.24, 2.45) is 0 Å². The van der Waals surface area contributed by atoms with Gasteiger partial charge in [0.2, 0.25) is 0 Å². The van der Waals surface area contributed by atoms with E-state index in [2.05, 4.69) is 15.0 Å². The highest BCUT2D eigenvalue weighted by atomic mass is 35.5. The normalized spacial score (nSPS) is 10.6. The summed E-state index contributed by atoms with van der Waals surface area (Å²) < 4.78 is 1.76. The van der Waals surface area contributed by atoms with Crippen LogP contribution in [0.1, 0.15) is 5.56 Å². The van der Waals surface area contributed by atoms with Gasteiger partial charge >= 0.3 is 0 Å². The predicted molar refractivity (Wildman–Crippen MR) is 89.4 cm³/mol. The maximum absolute atomic E-state index is 10.9. The Kier molecular flexibility index (Phi) is 4.39. The van der Waals surface area contributed by atoms with Crippen molar-refractivity contribution in [2.45, 2.75) is 6.54 Å². The second kappa shape index (κ2) is 6.63. The zero-order valence-electron chi connectivity index (χ0n) is 12.7. The third-order valence-corrected chi connectivity index (χ3v) is 3.81. The van der Waals surface area contributed by atoms with E-state index in [1.807, 2.05) is 11.9 Å². The Labute approximate surface area is 142 Å². The molecule has 0 atom stereocenters. The topological polar surface area (TPSA) is 90.0 Å². The first kappa shape index (κ1) is 15.9. The first-order valence-electron chi connectivity index (χ1n) is 6.99. The predicted octanol–water partition coefficient (Wildman–Crippen LogP) is 2.86. The summed E-state index contributed by atoms with van der Waals surface area (Å²) in [6, 6.07) is 6.18. The van der Waals surface area contributed by atoms with Gasteiger partial charge in [0.1, 0.15) is 24.3 Å². The van der Waals surface area contributed by atoms with Crippen LogP contribution in [0.15, 0.2) is 49.3 Å². The average molecular weight is 345 g/mol. The highest BCUT2D eigenvalue weighted by Crippen LogP contribution is 2.24. The van der Waals surface area contributed by atoms with Crippen LogP contribution in [0, 0.1) is 10.1 Å². The summed E-state index contributed by atoms with van der Waals surface area (Å²) in [6.45, 7) is 0.376. The second-order valence-corrected chi connectivity index (χ2v) is 5.50. The molecule has 8 nitrogen and oxygen atoms in total. The number of rotatable bonds is 5. The van der Waals surface area contributed by atoms with Crippen molar-refractivity contribution in [3.05, 3.63) is 70.0 Å². The van der Waals surface area contributed by atoms with Gasteiger partial charge in [-0.25, -0.2) is 15.0 Å².